The lowest BCUT2D eigenvalue weighted by Crippen LogP contribution is -1.95. The molecule has 134 valence electrons. The highest BCUT2D eigenvalue weighted by atomic mass is 32.1. The van der Waals surface area contributed by atoms with Gasteiger partial charge in [-0.05, 0) is 72.4 Å². The second-order valence-corrected chi connectivity index (χ2v) is 9.97. The fraction of sp³-hybridized carbons (Fsp3) is 0.348. The van der Waals surface area contributed by atoms with E-state index in [1.807, 2.05) is 11.3 Å². The Morgan fingerprint density at radius 2 is 1.69 bits per heavy atom. The van der Waals surface area contributed by atoms with E-state index < -0.39 is 0 Å². The van der Waals surface area contributed by atoms with Crippen LogP contribution in [0, 0.1) is 6.92 Å². The Balaban J connectivity index is 1.49. The van der Waals surface area contributed by atoms with Crippen molar-refractivity contribution in [3.05, 3.63) is 63.5 Å². The molecule has 4 aromatic rings. The van der Waals surface area contributed by atoms with Gasteiger partial charge in [0, 0.05) is 9.58 Å². The molecule has 2 aromatic heterocycles. The average Bonchev–Trinajstić information content (AvgIpc) is 3.19. The molecule has 0 N–H and O–H groups in total. The third-order valence-electron chi connectivity index (χ3n) is 5.17. The first-order valence-electron chi connectivity index (χ1n) is 9.39. The molecule has 2 aromatic carbocycles. The highest BCUT2D eigenvalue weighted by molar-refractivity contribution is 7.19. The lowest BCUT2D eigenvalue weighted by atomic mass is 9.95. The van der Waals surface area contributed by atoms with Crippen molar-refractivity contribution in [2.24, 2.45) is 0 Å². The van der Waals surface area contributed by atoms with E-state index in [-0.39, 0.29) is 0 Å². The minimum Gasteiger partial charge on any atom is -0.242 e. The van der Waals surface area contributed by atoms with Gasteiger partial charge in [0.25, 0.3) is 0 Å². The van der Waals surface area contributed by atoms with Crippen LogP contribution in [0.5, 0.6) is 0 Å². The Labute approximate surface area is 163 Å². The molecule has 0 bridgehead atoms. The van der Waals surface area contributed by atoms with Crippen LogP contribution in [0.2, 0.25) is 0 Å². The molecule has 0 saturated heterocycles. The minimum absolute atomic E-state index is 0.554. The number of fused-ring (bicyclic) bond motifs is 2. The Morgan fingerprint density at radius 3 is 2.50 bits per heavy atom. The lowest BCUT2D eigenvalue weighted by Gasteiger charge is -2.11. The number of hydrogen-bond donors (Lipinski definition) is 0. The van der Waals surface area contributed by atoms with Gasteiger partial charge in [0.05, 0.1) is 15.2 Å². The summed E-state index contributed by atoms with van der Waals surface area (Å²) >= 11 is 3.74. The molecule has 0 saturated carbocycles. The smallest absolute Gasteiger partial charge is 0.0907 e. The number of aryl methyl sites for hydroxylation is 2. The molecule has 1 atom stereocenters. The van der Waals surface area contributed by atoms with Gasteiger partial charge in [-0.15, -0.1) is 22.7 Å². The van der Waals surface area contributed by atoms with Crippen molar-refractivity contribution in [2.75, 3.05) is 0 Å². The summed E-state index contributed by atoms with van der Waals surface area (Å²) in [6.45, 7) is 8.94. The molecule has 0 fully saturated rings. The second kappa shape index (κ2) is 7.13. The molecule has 2 heterocycles. The highest BCUT2D eigenvalue weighted by Gasteiger charge is 2.11. The van der Waals surface area contributed by atoms with Gasteiger partial charge in [-0.25, -0.2) is 4.98 Å². The number of thiazole rings is 1. The standard InChI is InChI=1S/C23H25NS2/c1-14(2)17-6-7-19-11-20(26-23(19)13-17)9-5-15(3)18-8-10-22-21(12-18)24-16(4)25-22/h6-8,10-15H,5,9H2,1-4H3. The normalized spacial score (nSPS) is 13.1. The van der Waals surface area contributed by atoms with Gasteiger partial charge >= 0.3 is 0 Å². The zero-order chi connectivity index (χ0) is 18.3. The Morgan fingerprint density at radius 1 is 0.885 bits per heavy atom. The molecule has 4 rings (SSSR count). The SMILES string of the molecule is Cc1nc2cc(C(C)CCc3cc4ccc(C(C)C)cc4s3)ccc2s1. The Bertz CT molecular complexity index is 1050. The van der Waals surface area contributed by atoms with E-state index in [9.17, 15) is 0 Å². The monoisotopic (exact) mass is 379 g/mol. The number of benzene rings is 2. The maximum atomic E-state index is 4.65. The molecule has 0 aliphatic rings. The van der Waals surface area contributed by atoms with Crippen molar-refractivity contribution in [1.29, 1.82) is 0 Å². The summed E-state index contributed by atoms with van der Waals surface area (Å²) in [5.74, 6) is 1.15. The fourth-order valence-corrected chi connectivity index (χ4v) is 5.41. The van der Waals surface area contributed by atoms with Crippen LogP contribution >= 0.6 is 22.7 Å². The van der Waals surface area contributed by atoms with Crippen molar-refractivity contribution in [1.82, 2.24) is 4.98 Å². The summed E-state index contributed by atoms with van der Waals surface area (Å²) < 4.78 is 2.72. The van der Waals surface area contributed by atoms with Crippen LogP contribution in [0.15, 0.2) is 42.5 Å². The van der Waals surface area contributed by atoms with Gasteiger partial charge in [0.2, 0.25) is 0 Å². The van der Waals surface area contributed by atoms with Crippen LogP contribution < -0.4 is 0 Å². The summed E-state index contributed by atoms with van der Waals surface area (Å²) in [7, 11) is 0. The van der Waals surface area contributed by atoms with E-state index in [0.717, 1.165) is 16.9 Å². The van der Waals surface area contributed by atoms with E-state index in [4.69, 9.17) is 0 Å². The first-order chi connectivity index (χ1) is 12.5. The first-order valence-corrected chi connectivity index (χ1v) is 11.0. The van der Waals surface area contributed by atoms with Crippen molar-refractivity contribution < 1.29 is 0 Å². The van der Waals surface area contributed by atoms with E-state index >= 15 is 0 Å². The summed E-state index contributed by atoms with van der Waals surface area (Å²) in [6.07, 6.45) is 2.32. The third kappa shape index (κ3) is 3.56. The molecule has 3 heteroatoms. The zero-order valence-corrected chi connectivity index (χ0v) is 17.5. The molecule has 1 unspecified atom stereocenters. The largest absolute Gasteiger partial charge is 0.242 e. The van der Waals surface area contributed by atoms with Crippen molar-refractivity contribution in [3.63, 3.8) is 0 Å². The van der Waals surface area contributed by atoms with Gasteiger partial charge in [0.1, 0.15) is 0 Å². The topological polar surface area (TPSA) is 12.9 Å². The molecule has 0 amide bonds. The molecule has 1 nitrogen and oxygen atoms in total. The third-order valence-corrected chi connectivity index (χ3v) is 7.28. The van der Waals surface area contributed by atoms with Gasteiger partial charge in [-0.2, -0.15) is 0 Å². The summed E-state index contributed by atoms with van der Waals surface area (Å²) in [4.78, 5) is 6.14. The first kappa shape index (κ1) is 17.7. The number of rotatable bonds is 5. The van der Waals surface area contributed by atoms with Crippen LogP contribution in [0.25, 0.3) is 20.3 Å². The van der Waals surface area contributed by atoms with Gasteiger partial charge in [-0.3, -0.25) is 0 Å². The van der Waals surface area contributed by atoms with E-state index in [0.29, 0.717) is 11.8 Å². The van der Waals surface area contributed by atoms with Crippen LogP contribution in [0.1, 0.15) is 60.0 Å². The number of aromatic nitrogens is 1. The summed E-state index contributed by atoms with van der Waals surface area (Å²) in [5, 5.41) is 2.54. The van der Waals surface area contributed by atoms with Crippen LogP contribution in [-0.4, -0.2) is 4.98 Å². The number of hydrogen-bond acceptors (Lipinski definition) is 3. The van der Waals surface area contributed by atoms with Crippen molar-refractivity contribution in [3.8, 4) is 0 Å². The fourth-order valence-electron chi connectivity index (χ4n) is 3.48. The van der Waals surface area contributed by atoms with Crippen LogP contribution in [0.3, 0.4) is 0 Å². The molecule has 0 aliphatic carbocycles. The molecular weight excluding hydrogens is 354 g/mol. The predicted molar refractivity (Wildman–Crippen MR) is 117 cm³/mol. The van der Waals surface area contributed by atoms with Gasteiger partial charge in [0.15, 0.2) is 0 Å². The predicted octanol–water partition coefficient (Wildman–Crippen LogP) is 7.68. The Kier molecular flexibility index (Phi) is 4.85. The molecule has 0 spiro atoms. The second-order valence-electron chi connectivity index (χ2n) is 7.56. The summed E-state index contributed by atoms with van der Waals surface area (Å²) in [5.41, 5.74) is 4.00. The summed E-state index contributed by atoms with van der Waals surface area (Å²) in [6, 6.07) is 16.1. The number of nitrogens with zero attached hydrogens (tertiary/aromatic N) is 1. The van der Waals surface area contributed by atoms with E-state index in [1.165, 1.54) is 37.2 Å². The Hall–Kier alpha value is -1.71. The van der Waals surface area contributed by atoms with Gasteiger partial charge in [-0.1, -0.05) is 39.0 Å². The maximum absolute atomic E-state index is 4.65. The molecule has 0 radical (unpaired) electrons. The highest BCUT2D eigenvalue weighted by Crippen LogP contribution is 2.32. The lowest BCUT2D eigenvalue weighted by molar-refractivity contribution is 0.685. The maximum Gasteiger partial charge on any atom is 0.0907 e. The van der Waals surface area contributed by atoms with Crippen molar-refractivity contribution in [2.45, 2.75) is 52.4 Å². The van der Waals surface area contributed by atoms with Crippen LogP contribution in [-0.2, 0) is 6.42 Å². The molecule has 26 heavy (non-hydrogen) atoms. The number of thiophene rings is 1. The van der Waals surface area contributed by atoms with Gasteiger partial charge < -0.3 is 0 Å². The quantitative estimate of drug-likeness (QED) is 0.346. The van der Waals surface area contributed by atoms with Crippen LogP contribution in [0.4, 0.5) is 0 Å². The van der Waals surface area contributed by atoms with E-state index in [1.54, 1.807) is 11.3 Å². The van der Waals surface area contributed by atoms with E-state index in [2.05, 4.69) is 75.1 Å². The van der Waals surface area contributed by atoms with Crippen molar-refractivity contribution >= 4 is 43.0 Å². The zero-order valence-electron chi connectivity index (χ0n) is 15.9. The molecule has 0 aliphatic heterocycles. The minimum atomic E-state index is 0.554. The average molecular weight is 380 g/mol. The molecular formula is C23H25NS2.